The highest BCUT2D eigenvalue weighted by atomic mass is 16.2. The number of aromatic nitrogens is 3. The van der Waals surface area contributed by atoms with Gasteiger partial charge in [0.25, 0.3) is 11.5 Å². The van der Waals surface area contributed by atoms with Crippen LogP contribution in [0.1, 0.15) is 41.4 Å². The number of rotatable bonds is 4. The first kappa shape index (κ1) is 16.6. The lowest BCUT2D eigenvalue weighted by molar-refractivity contribution is -0.129. The molecule has 1 aliphatic heterocycles. The molecule has 0 radical (unpaired) electrons. The van der Waals surface area contributed by atoms with E-state index in [0.717, 1.165) is 18.5 Å². The lowest BCUT2D eigenvalue weighted by atomic mass is 10.0. The number of hydrogen-bond donors (Lipinski definition) is 1. The minimum atomic E-state index is -0.352. The smallest absolute Gasteiger partial charge is 0.251 e. The molecule has 2 aromatic rings. The van der Waals surface area contributed by atoms with Crippen molar-refractivity contribution in [3.05, 3.63) is 52.2 Å². The van der Waals surface area contributed by atoms with E-state index in [1.54, 1.807) is 30.2 Å². The van der Waals surface area contributed by atoms with Crippen molar-refractivity contribution in [2.45, 2.75) is 37.4 Å². The van der Waals surface area contributed by atoms with Crippen LogP contribution < -0.4 is 10.9 Å². The number of nitrogens with one attached hydrogen (secondary N) is 1. The van der Waals surface area contributed by atoms with Crippen molar-refractivity contribution in [3.8, 4) is 0 Å². The molecule has 4 rings (SSSR count). The largest absolute Gasteiger partial charge is 0.346 e. The van der Waals surface area contributed by atoms with Crippen LogP contribution in [0.15, 0.2) is 35.4 Å². The fourth-order valence-corrected chi connectivity index (χ4v) is 3.63. The molecular weight excluding hydrogens is 334 g/mol. The Morgan fingerprint density at radius 3 is 2.62 bits per heavy atom. The van der Waals surface area contributed by atoms with Gasteiger partial charge in [-0.05, 0) is 25.0 Å². The summed E-state index contributed by atoms with van der Waals surface area (Å²) in [5, 5.41) is 7.18. The molecule has 0 bridgehead atoms. The minimum absolute atomic E-state index is 0.0491. The lowest BCUT2D eigenvalue weighted by Crippen LogP contribution is -2.41. The molecule has 0 aromatic carbocycles. The van der Waals surface area contributed by atoms with Crippen LogP contribution in [0.4, 0.5) is 0 Å². The van der Waals surface area contributed by atoms with Gasteiger partial charge in [-0.25, -0.2) is 0 Å². The fraction of sp³-hybridized carbons (Fsp3) is 0.444. The average Bonchev–Trinajstić information content (AvgIpc) is 3.27. The molecule has 1 N–H and O–H groups in total. The van der Waals surface area contributed by atoms with Crippen molar-refractivity contribution in [3.63, 3.8) is 0 Å². The average molecular weight is 355 g/mol. The summed E-state index contributed by atoms with van der Waals surface area (Å²) in [5.41, 5.74) is 0.953. The standard InChI is InChI=1S/C18H21N5O3/c1-21-8-6-11(9-15(21)24)18(26)20-13-10-16(25)23(12-3-4-12)17(13)14-5-7-19-22(14)2/h5-9,12-13,17H,3-4,10H2,1-2H3,(H,20,26)/t13-,17-/m1/s1. The highest BCUT2D eigenvalue weighted by molar-refractivity contribution is 5.95. The molecule has 2 atom stereocenters. The zero-order chi connectivity index (χ0) is 18.4. The second kappa shape index (κ2) is 6.12. The Balaban J connectivity index is 1.62. The van der Waals surface area contributed by atoms with Crippen LogP contribution in [-0.4, -0.2) is 43.1 Å². The molecule has 2 aromatic heterocycles. The minimum Gasteiger partial charge on any atom is -0.346 e. The predicted molar refractivity (Wildman–Crippen MR) is 93.4 cm³/mol. The van der Waals surface area contributed by atoms with Gasteiger partial charge >= 0.3 is 0 Å². The second-order valence-corrected chi connectivity index (χ2v) is 7.01. The van der Waals surface area contributed by atoms with Gasteiger partial charge in [0.05, 0.1) is 17.8 Å². The molecule has 26 heavy (non-hydrogen) atoms. The number of amides is 2. The highest BCUT2D eigenvalue weighted by Gasteiger charge is 2.48. The summed E-state index contributed by atoms with van der Waals surface area (Å²) in [6.07, 6.45) is 5.50. The van der Waals surface area contributed by atoms with Gasteiger partial charge in [-0.15, -0.1) is 0 Å². The molecule has 0 unspecified atom stereocenters. The van der Waals surface area contributed by atoms with E-state index in [1.807, 2.05) is 18.0 Å². The third kappa shape index (κ3) is 2.81. The maximum Gasteiger partial charge on any atom is 0.251 e. The molecule has 2 fully saturated rings. The van der Waals surface area contributed by atoms with Gasteiger partial charge in [0.15, 0.2) is 0 Å². The molecular formula is C18H21N5O3. The van der Waals surface area contributed by atoms with Gasteiger partial charge in [0, 0.05) is 50.6 Å². The van der Waals surface area contributed by atoms with Crippen LogP contribution in [0, 0.1) is 0 Å². The molecule has 1 saturated carbocycles. The van der Waals surface area contributed by atoms with Crippen molar-refractivity contribution >= 4 is 11.8 Å². The van der Waals surface area contributed by atoms with E-state index in [-0.39, 0.29) is 41.9 Å². The van der Waals surface area contributed by atoms with Crippen LogP contribution in [0.25, 0.3) is 0 Å². The highest BCUT2D eigenvalue weighted by Crippen LogP contribution is 2.41. The third-order valence-corrected chi connectivity index (χ3v) is 5.15. The zero-order valence-electron chi connectivity index (χ0n) is 14.8. The Kier molecular flexibility index (Phi) is 3.90. The number of pyridine rings is 1. The first-order chi connectivity index (χ1) is 12.5. The fourth-order valence-electron chi connectivity index (χ4n) is 3.63. The van der Waals surface area contributed by atoms with E-state index in [4.69, 9.17) is 0 Å². The Hall–Kier alpha value is -2.90. The van der Waals surface area contributed by atoms with Gasteiger partial charge < -0.3 is 14.8 Å². The van der Waals surface area contributed by atoms with E-state index in [0.29, 0.717) is 5.56 Å². The number of aryl methyl sites for hydroxylation is 2. The van der Waals surface area contributed by atoms with Crippen LogP contribution in [0.5, 0.6) is 0 Å². The maximum atomic E-state index is 12.7. The molecule has 2 aliphatic rings. The molecule has 2 amide bonds. The molecule has 1 aliphatic carbocycles. The van der Waals surface area contributed by atoms with Crippen LogP contribution in [-0.2, 0) is 18.9 Å². The van der Waals surface area contributed by atoms with Crippen molar-refractivity contribution < 1.29 is 9.59 Å². The van der Waals surface area contributed by atoms with Crippen molar-refractivity contribution in [2.75, 3.05) is 0 Å². The number of carbonyl (C=O) groups excluding carboxylic acids is 2. The van der Waals surface area contributed by atoms with Crippen LogP contribution in [0.2, 0.25) is 0 Å². The normalized spacial score (nSPS) is 22.7. The SMILES string of the molecule is Cn1nccc1[C@H]1[C@H](NC(=O)c2ccn(C)c(=O)c2)CC(=O)N1C1CC1. The molecule has 0 spiro atoms. The molecule has 8 heteroatoms. The lowest BCUT2D eigenvalue weighted by Gasteiger charge is -2.28. The second-order valence-electron chi connectivity index (χ2n) is 7.01. The summed E-state index contributed by atoms with van der Waals surface area (Å²) < 4.78 is 3.15. The van der Waals surface area contributed by atoms with E-state index >= 15 is 0 Å². The van der Waals surface area contributed by atoms with Crippen LogP contribution in [0.3, 0.4) is 0 Å². The van der Waals surface area contributed by atoms with Gasteiger partial charge in [0.2, 0.25) is 5.91 Å². The van der Waals surface area contributed by atoms with Crippen LogP contribution >= 0.6 is 0 Å². The number of nitrogens with zero attached hydrogens (tertiary/aromatic N) is 4. The van der Waals surface area contributed by atoms with Gasteiger partial charge in [-0.3, -0.25) is 19.1 Å². The molecule has 1 saturated heterocycles. The van der Waals surface area contributed by atoms with Crippen molar-refractivity contribution in [1.29, 1.82) is 0 Å². The summed E-state index contributed by atoms with van der Waals surface area (Å²) in [5.74, 6) is -0.293. The Bertz CT molecular complexity index is 927. The molecule has 136 valence electrons. The molecule has 3 heterocycles. The summed E-state index contributed by atoms with van der Waals surface area (Å²) in [6, 6.07) is 4.45. The first-order valence-corrected chi connectivity index (χ1v) is 8.72. The summed E-state index contributed by atoms with van der Waals surface area (Å²) in [7, 11) is 3.47. The van der Waals surface area contributed by atoms with Gasteiger partial charge in [-0.2, -0.15) is 5.10 Å². The van der Waals surface area contributed by atoms with E-state index in [1.165, 1.54) is 10.6 Å². The molecule has 8 nitrogen and oxygen atoms in total. The van der Waals surface area contributed by atoms with Gasteiger partial charge in [-0.1, -0.05) is 0 Å². The van der Waals surface area contributed by atoms with E-state index in [2.05, 4.69) is 10.4 Å². The van der Waals surface area contributed by atoms with Crippen molar-refractivity contribution in [1.82, 2.24) is 24.6 Å². The summed E-state index contributed by atoms with van der Waals surface area (Å²) in [4.78, 5) is 38.9. The van der Waals surface area contributed by atoms with Crippen molar-refractivity contribution in [2.24, 2.45) is 14.1 Å². The summed E-state index contributed by atoms with van der Waals surface area (Å²) in [6.45, 7) is 0. The number of likely N-dealkylation sites (tertiary alicyclic amines) is 1. The first-order valence-electron chi connectivity index (χ1n) is 8.72. The third-order valence-electron chi connectivity index (χ3n) is 5.15. The quantitative estimate of drug-likeness (QED) is 0.857. The number of carbonyl (C=O) groups is 2. The Labute approximate surface area is 150 Å². The topological polar surface area (TPSA) is 89.2 Å². The maximum absolute atomic E-state index is 12.7. The Morgan fingerprint density at radius 2 is 2.00 bits per heavy atom. The Morgan fingerprint density at radius 1 is 1.23 bits per heavy atom. The zero-order valence-corrected chi connectivity index (χ0v) is 14.8. The van der Waals surface area contributed by atoms with Gasteiger partial charge in [0.1, 0.15) is 0 Å². The predicted octanol–water partition coefficient (Wildman–Crippen LogP) is 0.353. The monoisotopic (exact) mass is 355 g/mol. The number of hydrogen-bond acceptors (Lipinski definition) is 4. The van der Waals surface area contributed by atoms with E-state index < -0.39 is 0 Å². The summed E-state index contributed by atoms with van der Waals surface area (Å²) >= 11 is 0. The van der Waals surface area contributed by atoms with E-state index in [9.17, 15) is 14.4 Å².